The first-order valence-corrected chi connectivity index (χ1v) is 9.62. The molecule has 152 valence electrons. The minimum atomic E-state index is -0.0624. The van der Waals surface area contributed by atoms with Crippen molar-refractivity contribution >= 4 is 23.2 Å². The van der Waals surface area contributed by atoms with Gasteiger partial charge in [-0.3, -0.25) is 4.39 Å². The van der Waals surface area contributed by atoms with Gasteiger partial charge in [-0.25, -0.2) is 15.0 Å². The molecule has 1 saturated carbocycles. The fraction of sp³-hybridized carbons (Fsp3) is 0.650. The number of aliphatic hydroxyl groups excluding tert-OH is 1. The highest BCUT2D eigenvalue weighted by molar-refractivity contribution is 5.87. The van der Waals surface area contributed by atoms with Gasteiger partial charge in [0, 0.05) is 26.3 Å². The Kier molecular flexibility index (Phi) is 9.93. The molecular weight excluding hydrogens is 345 g/mol. The number of aromatic nitrogens is 3. The van der Waals surface area contributed by atoms with Crippen LogP contribution < -0.4 is 0 Å². The smallest absolute Gasteiger partial charge is 0.166 e. The SMILES string of the molecule is CC.CC(CCC1CC(O)C1)n1ccc2c(/N=C/N(C)C)ncnc21.CF. The van der Waals surface area contributed by atoms with Gasteiger partial charge < -0.3 is 14.6 Å². The molecular formula is C20H34FN5O. The maximum absolute atomic E-state index is 9.50. The molecule has 27 heavy (non-hydrogen) atoms. The molecule has 0 aliphatic heterocycles. The molecule has 1 fully saturated rings. The van der Waals surface area contributed by atoms with E-state index in [0.717, 1.165) is 36.7 Å². The number of alkyl halides is 1. The van der Waals surface area contributed by atoms with Crippen molar-refractivity contribution < 1.29 is 9.50 Å². The van der Waals surface area contributed by atoms with E-state index < -0.39 is 0 Å². The second kappa shape index (κ2) is 11.6. The van der Waals surface area contributed by atoms with Crippen LogP contribution in [0.15, 0.2) is 23.6 Å². The van der Waals surface area contributed by atoms with Gasteiger partial charge in [0.25, 0.3) is 0 Å². The van der Waals surface area contributed by atoms with Crippen LogP contribution in [-0.4, -0.2) is 58.3 Å². The molecule has 1 N–H and O–H groups in total. The zero-order valence-corrected chi connectivity index (χ0v) is 17.4. The number of fused-ring (bicyclic) bond motifs is 1. The van der Waals surface area contributed by atoms with Gasteiger partial charge in [0.05, 0.1) is 25.0 Å². The Bertz CT molecular complexity index is 695. The largest absolute Gasteiger partial charge is 0.393 e. The summed E-state index contributed by atoms with van der Waals surface area (Å²) < 4.78 is 11.7. The third-order valence-electron chi connectivity index (χ3n) is 4.58. The van der Waals surface area contributed by atoms with E-state index in [0.29, 0.717) is 25.0 Å². The zero-order chi connectivity index (χ0) is 20.4. The van der Waals surface area contributed by atoms with E-state index in [9.17, 15) is 9.50 Å². The Balaban J connectivity index is 0.000000855. The van der Waals surface area contributed by atoms with Crippen LogP contribution in [0.2, 0.25) is 0 Å². The number of rotatable bonds is 6. The van der Waals surface area contributed by atoms with Crippen LogP contribution in [-0.2, 0) is 0 Å². The van der Waals surface area contributed by atoms with Gasteiger partial charge in [0.1, 0.15) is 12.0 Å². The van der Waals surface area contributed by atoms with Crippen LogP contribution in [0, 0.1) is 5.92 Å². The van der Waals surface area contributed by atoms with E-state index in [-0.39, 0.29) is 6.10 Å². The third kappa shape index (κ3) is 6.27. The molecule has 1 aliphatic carbocycles. The number of hydrogen-bond donors (Lipinski definition) is 1. The topological polar surface area (TPSA) is 66.5 Å². The molecule has 1 aliphatic rings. The maximum atomic E-state index is 9.50. The molecule has 7 heteroatoms. The fourth-order valence-electron chi connectivity index (χ4n) is 3.14. The molecule has 1 atom stereocenters. The molecule has 0 bridgehead atoms. The lowest BCUT2D eigenvalue weighted by Gasteiger charge is -2.32. The van der Waals surface area contributed by atoms with Gasteiger partial charge >= 0.3 is 0 Å². The van der Waals surface area contributed by atoms with Gasteiger partial charge in [-0.05, 0) is 44.6 Å². The summed E-state index contributed by atoms with van der Waals surface area (Å²) in [6.45, 7) is 6.22. The summed E-state index contributed by atoms with van der Waals surface area (Å²) in [5, 5.41) is 10.4. The van der Waals surface area contributed by atoms with Crippen molar-refractivity contribution in [3.05, 3.63) is 18.6 Å². The predicted molar refractivity (Wildman–Crippen MR) is 110 cm³/mol. The van der Waals surface area contributed by atoms with Crippen molar-refractivity contribution in [3.8, 4) is 0 Å². The first-order valence-electron chi connectivity index (χ1n) is 9.62. The number of halogens is 1. The molecule has 0 amide bonds. The van der Waals surface area contributed by atoms with Crippen molar-refractivity contribution in [1.29, 1.82) is 0 Å². The van der Waals surface area contributed by atoms with Crippen molar-refractivity contribution in [3.63, 3.8) is 0 Å². The lowest BCUT2D eigenvalue weighted by molar-refractivity contribution is 0.0368. The monoisotopic (exact) mass is 379 g/mol. The highest BCUT2D eigenvalue weighted by Gasteiger charge is 2.27. The quantitative estimate of drug-likeness (QED) is 0.597. The van der Waals surface area contributed by atoms with Gasteiger partial charge in [0.2, 0.25) is 0 Å². The van der Waals surface area contributed by atoms with Gasteiger partial charge in [0.15, 0.2) is 5.82 Å². The number of hydrogen-bond acceptors (Lipinski definition) is 4. The summed E-state index contributed by atoms with van der Waals surface area (Å²) in [4.78, 5) is 15.0. The van der Waals surface area contributed by atoms with E-state index in [1.54, 1.807) is 12.7 Å². The first-order chi connectivity index (χ1) is 13.0. The Hall–Kier alpha value is -2.02. The molecule has 2 aromatic rings. The Morgan fingerprint density at radius 1 is 1.33 bits per heavy atom. The number of aliphatic hydroxyl groups is 1. The molecule has 2 aromatic heterocycles. The third-order valence-corrected chi connectivity index (χ3v) is 4.58. The Labute approximate surface area is 162 Å². The minimum absolute atomic E-state index is 0.0624. The van der Waals surface area contributed by atoms with Crippen LogP contribution >= 0.6 is 0 Å². The zero-order valence-electron chi connectivity index (χ0n) is 17.4. The lowest BCUT2D eigenvalue weighted by atomic mass is 9.79. The molecule has 2 heterocycles. The fourth-order valence-corrected chi connectivity index (χ4v) is 3.14. The second-order valence-corrected chi connectivity index (χ2v) is 6.78. The predicted octanol–water partition coefficient (Wildman–Crippen LogP) is 4.38. The highest BCUT2D eigenvalue weighted by atomic mass is 19.1. The molecule has 6 nitrogen and oxygen atoms in total. The summed E-state index contributed by atoms with van der Waals surface area (Å²) in [6.07, 6.45) is 9.54. The number of aliphatic imine (C=N–C) groups is 1. The van der Waals surface area contributed by atoms with Crippen molar-refractivity contribution in [1.82, 2.24) is 19.4 Å². The Morgan fingerprint density at radius 2 is 2.00 bits per heavy atom. The normalized spacial score (nSPS) is 19.6. The lowest BCUT2D eigenvalue weighted by Crippen LogP contribution is -2.28. The molecule has 1 unspecified atom stereocenters. The van der Waals surface area contributed by atoms with Gasteiger partial charge in [-0.2, -0.15) is 0 Å². The van der Waals surface area contributed by atoms with Crippen LogP contribution in [0.25, 0.3) is 11.0 Å². The van der Waals surface area contributed by atoms with Crippen molar-refractivity contribution in [2.75, 3.05) is 21.3 Å². The highest BCUT2D eigenvalue weighted by Crippen LogP contribution is 2.34. The summed E-state index contributed by atoms with van der Waals surface area (Å²) in [6, 6.07) is 2.42. The Morgan fingerprint density at radius 3 is 2.59 bits per heavy atom. The van der Waals surface area contributed by atoms with Crippen LogP contribution in [0.4, 0.5) is 10.2 Å². The first kappa shape index (κ1) is 23.0. The minimum Gasteiger partial charge on any atom is -0.393 e. The molecule has 3 rings (SSSR count). The summed E-state index contributed by atoms with van der Waals surface area (Å²) in [5.41, 5.74) is 0.937. The maximum Gasteiger partial charge on any atom is 0.166 e. The van der Waals surface area contributed by atoms with Crippen molar-refractivity contribution in [2.45, 2.75) is 58.6 Å². The molecule has 0 aromatic carbocycles. The van der Waals surface area contributed by atoms with E-state index in [1.807, 2.05) is 38.9 Å². The molecule has 0 radical (unpaired) electrons. The van der Waals surface area contributed by atoms with Crippen molar-refractivity contribution in [2.24, 2.45) is 10.9 Å². The van der Waals surface area contributed by atoms with E-state index in [4.69, 9.17) is 0 Å². The number of nitrogens with zero attached hydrogens (tertiary/aromatic N) is 5. The summed E-state index contributed by atoms with van der Waals surface area (Å²) >= 11 is 0. The average Bonchev–Trinajstić information content (AvgIpc) is 3.10. The summed E-state index contributed by atoms with van der Waals surface area (Å²) in [7, 11) is 4.37. The summed E-state index contributed by atoms with van der Waals surface area (Å²) in [5.74, 6) is 1.39. The van der Waals surface area contributed by atoms with E-state index in [1.165, 1.54) is 0 Å². The second-order valence-electron chi connectivity index (χ2n) is 6.78. The van der Waals surface area contributed by atoms with Crippen LogP contribution in [0.3, 0.4) is 0 Å². The van der Waals surface area contributed by atoms with Crippen LogP contribution in [0.1, 0.15) is 52.5 Å². The molecule has 0 saturated heterocycles. The average molecular weight is 380 g/mol. The van der Waals surface area contributed by atoms with Gasteiger partial charge in [-0.1, -0.05) is 13.8 Å². The van der Waals surface area contributed by atoms with Gasteiger partial charge in [-0.15, -0.1) is 0 Å². The van der Waals surface area contributed by atoms with Crippen LogP contribution in [0.5, 0.6) is 0 Å². The standard InChI is InChI=1S/C17H25N5O.C2H6.CH3F/c1-12(4-5-13-8-14(23)9-13)22-7-6-15-16(20-11-21(2)3)18-10-19-17(15)22;2*1-2/h6-7,10-14,23H,4-5,8-9H2,1-3H3;1-2H3;1H3/b20-11+;;. The van der Waals surface area contributed by atoms with E-state index >= 15 is 0 Å². The van der Waals surface area contributed by atoms with E-state index in [2.05, 4.69) is 32.6 Å². The molecule has 0 spiro atoms.